The highest BCUT2D eigenvalue weighted by Crippen LogP contribution is 2.24. The Morgan fingerprint density at radius 1 is 0.875 bits per heavy atom. The monoisotopic (exact) mass is 326 g/mol. The zero-order chi connectivity index (χ0) is 11.4. The second kappa shape index (κ2) is 5.21. The van der Waals surface area contributed by atoms with Crippen LogP contribution in [0.4, 0.5) is 0 Å². The molecule has 0 amide bonds. The maximum atomic E-state index is 5.70. The number of hydrogen-bond acceptors (Lipinski definition) is 2. The Hall–Kier alpha value is -1.23. The number of hydrogen-bond donors (Lipinski definition) is 0. The van der Waals surface area contributed by atoms with E-state index in [4.69, 9.17) is 9.47 Å². The summed E-state index contributed by atoms with van der Waals surface area (Å²) in [7, 11) is 1.65. The van der Waals surface area contributed by atoms with Gasteiger partial charge in [-0.1, -0.05) is 6.07 Å². The number of halogens is 1. The second-order valence-corrected chi connectivity index (χ2v) is 4.48. The molecule has 82 valence electrons. The minimum atomic E-state index is 0.808. The van der Waals surface area contributed by atoms with E-state index in [1.807, 2.05) is 48.5 Å². The first-order chi connectivity index (χ1) is 7.78. The van der Waals surface area contributed by atoms with Crippen LogP contribution in [0.25, 0.3) is 0 Å². The number of ether oxygens (including phenoxy) is 2. The van der Waals surface area contributed by atoms with Gasteiger partial charge in [0.25, 0.3) is 0 Å². The predicted octanol–water partition coefficient (Wildman–Crippen LogP) is 4.09. The SMILES string of the molecule is COc1ccc(Oc2cccc(I)c2)cc1. The topological polar surface area (TPSA) is 18.5 Å². The molecule has 0 heterocycles. The predicted molar refractivity (Wildman–Crippen MR) is 72.2 cm³/mol. The van der Waals surface area contributed by atoms with Gasteiger partial charge in [-0.05, 0) is 65.1 Å². The van der Waals surface area contributed by atoms with E-state index in [1.54, 1.807) is 7.11 Å². The standard InChI is InChI=1S/C13H11IO2/c1-15-11-5-7-12(8-6-11)16-13-4-2-3-10(14)9-13/h2-9H,1H3. The summed E-state index contributed by atoms with van der Waals surface area (Å²) in [5.74, 6) is 2.48. The number of methoxy groups -OCH3 is 1. The van der Waals surface area contributed by atoms with Crippen molar-refractivity contribution < 1.29 is 9.47 Å². The lowest BCUT2D eigenvalue weighted by Gasteiger charge is -2.06. The third kappa shape index (κ3) is 2.88. The Kier molecular flexibility index (Phi) is 3.66. The van der Waals surface area contributed by atoms with Gasteiger partial charge < -0.3 is 9.47 Å². The highest BCUT2D eigenvalue weighted by molar-refractivity contribution is 14.1. The minimum Gasteiger partial charge on any atom is -0.497 e. The molecule has 2 nitrogen and oxygen atoms in total. The molecule has 0 spiro atoms. The average Bonchev–Trinajstić information content (AvgIpc) is 2.30. The smallest absolute Gasteiger partial charge is 0.128 e. The molecule has 0 aromatic heterocycles. The molecule has 3 heteroatoms. The molecule has 0 atom stereocenters. The number of benzene rings is 2. The van der Waals surface area contributed by atoms with Crippen molar-refractivity contribution in [1.29, 1.82) is 0 Å². The third-order valence-corrected chi connectivity index (χ3v) is 2.76. The van der Waals surface area contributed by atoms with Gasteiger partial charge in [0.1, 0.15) is 17.2 Å². The van der Waals surface area contributed by atoms with E-state index in [1.165, 1.54) is 0 Å². The molecule has 0 radical (unpaired) electrons. The van der Waals surface area contributed by atoms with Gasteiger partial charge in [0.15, 0.2) is 0 Å². The van der Waals surface area contributed by atoms with Crippen molar-refractivity contribution in [1.82, 2.24) is 0 Å². The largest absolute Gasteiger partial charge is 0.497 e. The summed E-state index contributed by atoms with van der Waals surface area (Å²) in [6.07, 6.45) is 0. The molecule has 16 heavy (non-hydrogen) atoms. The molecule has 0 saturated heterocycles. The second-order valence-electron chi connectivity index (χ2n) is 3.23. The van der Waals surface area contributed by atoms with Crippen molar-refractivity contribution in [2.45, 2.75) is 0 Å². The maximum absolute atomic E-state index is 5.70. The van der Waals surface area contributed by atoms with Gasteiger partial charge in [-0.15, -0.1) is 0 Å². The van der Waals surface area contributed by atoms with Crippen LogP contribution in [0.2, 0.25) is 0 Å². The van der Waals surface area contributed by atoms with Crippen molar-refractivity contribution in [2.75, 3.05) is 7.11 Å². The quantitative estimate of drug-likeness (QED) is 0.791. The summed E-state index contributed by atoms with van der Waals surface area (Å²) < 4.78 is 11.9. The highest BCUT2D eigenvalue weighted by atomic mass is 127. The maximum Gasteiger partial charge on any atom is 0.128 e. The van der Waals surface area contributed by atoms with Crippen molar-refractivity contribution >= 4 is 22.6 Å². The van der Waals surface area contributed by atoms with Crippen LogP contribution in [-0.4, -0.2) is 7.11 Å². The average molecular weight is 326 g/mol. The van der Waals surface area contributed by atoms with E-state index in [9.17, 15) is 0 Å². The lowest BCUT2D eigenvalue weighted by molar-refractivity contribution is 0.413. The van der Waals surface area contributed by atoms with Crippen molar-refractivity contribution in [3.8, 4) is 17.2 Å². The Morgan fingerprint density at radius 3 is 2.19 bits per heavy atom. The van der Waals surface area contributed by atoms with Crippen LogP contribution in [0.1, 0.15) is 0 Å². The molecule has 2 aromatic rings. The Bertz CT molecular complexity index is 466. The van der Waals surface area contributed by atoms with Crippen molar-refractivity contribution in [3.63, 3.8) is 0 Å². The van der Waals surface area contributed by atoms with Crippen molar-refractivity contribution in [2.24, 2.45) is 0 Å². The van der Waals surface area contributed by atoms with Crippen LogP contribution in [0.15, 0.2) is 48.5 Å². The molecule has 0 fully saturated rings. The van der Waals surface area contributed by atoms with Crippen LogP contribution < -0.4 is 9.47 Å². The van der Waals surface area contributed by atoms with Gasteiger partial charge in [-0.2, -0.15) is 0 Å². The van der Waals surface area contributed by atoms with Crippen molar-refractivity contribution in [3.05, 3.63) is 52.1 Å². The normalized spacial score (nSPS) is 9.88. The Labute approximate surface area is 108 Å². The highest BCUT2D eigenvalue weighted by Gasteiger charge is 1.98. The third-order valence-electron chi connectivity index (χ3n) is 2.09. The zero-order valence-electron chi connectivity index (χ0n) is 8.81. The van der Waals surface area contributed by atoms with E-state index in [0.29, 0.717) is 0 Å². The summed E-state index contributed by atoms with van der Waals surface area (Å²) in [4.78, 5) is 0. The van der Waals surface area contributed by atoms with E-state index >= 15 is 0 Å². The zero-order valence-corrected chi connectivity index (χ0v) is 11.0. The fraction of sp³-hybridized carbons (Fsp3) is 0.0769. The Morgan fingerprint density at radius 2 is 1.56 bits per heavy atom. The summed E-state index contributed by atoms with van der Waals surface area (Å²) in [5.41, 5.74) is 0. The van der Waals surface area contributed by atoms with E-state index < -0.39 is 0 Å². The molecule has 0 unspecified atom stereocenters. The Balaban J connectivity index is 2.14. The molecule has 0 aliphatic rings. The minimum absolute atomic E-state index is 0.808. The summed E-state index contributed by atoms with van der Waals surface area (Å²) in [5, 5.41) is 0. The first kappa shape index (κ1) is 11.3. The fourth-order valence-electron chi connectivity index (χ4n) is 1.31. The first-order valence-electron chi connectivity index (χ1n) is 4.85. The van der Waals surface area contributed by atoms with Gasteiger partial charge >= 0.3 is 0 Å². The molecule has 0 N–H and O–H groups in total. The molecular formula is C13H11IO2. The molecule has 0 saturated carbocycles. The van der Waals surface area contributed by atoms with Crippen LogP contribution in [-0.2, 0) is 0 Å². The van der Waals surface area contributed by atoms with Gasteiger partial charge in [0.05, 0.1) is 7.11 Å². The van der Waals surface area contributed by atoms with Crippen LogP contribution in [0.3, 0.4) is 0 Å². The lowest BCUT2D eigenvalue weighted by Crippen LogP contribution is -1.86. The van der Waals surface area contributed by atoms with Gasteiger partial charge in [-0.3, -0.25) is 0 Å². The van der Waals surface area contributed by atoms with Gasteiger partial charge in [0.2, 0.25) is 0 Å². The molecule has 2 aromatic carbocycles. The van der Waals surface area contributed by atoms with Crippen LogP contribution >= 0.6 is 22.6 Å². The number of rotatable bonds is 3. The summed E-state index contributed by atoms with van der Waals surface area (Å²) in [6, 6.07) is 15.5. The van der Waals surface area contributed by atoms with E-state index in [2.05, 4.69) is 22.6 Å². The fourth-order valence-corrected chi connectivity index (χ4v) is 1.82. The molecule has 0 aliphatic carbocycles. The molecule has 0 bridgehead atoms. The molecular weight excluding hydrogens is 315 g/mol. The van der Waals surface area contributed by atoms with Gasteiger partial charge in [0, 0.05) is 3.57 Å². The summed E-state index contributed by atoms with van der Waals surface area (Å²) in [6.45, 7) is 0. The summed E-state index contributed by atoms with van der Waals surface area (Å²) >= 11 is 2.26. The van der Waals surface area contributed by atoms with Crippen LogP contribution in [0.5, 0.6) is 17.2 Å². The van der Waals surface area contributed by atoms with E-state index in [0.717, 1.165) is 20.8 Å². The lowest BCUT2D eigenvalue weighted by atomic mass is 10.3. The molecule has 0 aliphatic heterocycles. The first-order valence-corrected chi connectivity index (χ1v) is 5.93. The van der Waals surface area contributed by atoms with Crippen LogP contribution in [0, 0.1) is 3.57 Å². The van der Waals surface area contributed by atoms with Gasteiger partial charge in [-0.25, -0.2) is 0 Å². The molecule has 2 rings (SSSR count). The van der Waals surface area contributed by atoms with E-state index in [-0.39, 0.29) is 0 Å².